The molecule has 0 spiro atoms. The van der Waals surface area contributed by atoms with E-state index in [4.69, 9.17) is 0 Å². The number of rotatable bonds is 3. The fourth-order valence-corrected chi connectivity index (χ4v) is 6.80. The fraction of sp³-hybridized carbons (Fsp3) is 0.267. The highest BCUT2D eigenvalue weighted by Gasteiger charge is 2.29. The first-order valence-electron chi connectivity index (χ1n) is 11.4. The summed E-state index contributed by atoms with van der Waals surface area (Å²) in [4.78, 5) is 0. The van der Waals surface area contributed by atoms with Crippen molar-refractivity contribution >= 4 is 34.6 Å². The first-order valence-corrected chi connectivity index (χ1v) is 12.8. The molecule has 0 aliphatic carbocycles. The second-order valence-electron chi connectivity index (χ2n) is 10.7. The predicted molar refractivity (Wildman–Crippen MR) is 143 cm³/mol. The van der Waals surface area contributed by atoms with Crippen LogP contribution in [0.2, 0.25) is 0 Å². The third-order valence-electron chi connectivity index (χ3n) is 6.12. The molecule has 0 heterocycles. The molecular formula is C30H33O2P. The highest BCUT2D eigenvalue weighted by atomic mass is 31.1. The van der Waals surface area contributed by atoms with Crippen LogP contribution in [-0.4, -0.2) is 10.2 Å². The first kappa shape index (κ1) is 23.3. The molecule has 2 nitrogen and oxygen atoms in total. The molecule has 0 aliphatic rings. The maximum absolute atomic E-state index is 11.5. The van der Waals surface area contributed by atoms with Gasteiger partial charge in [-0.15, -0.1) is 0 Å². The van der Waals surface area contributed by atoms with Gasteiger partial charge in [-0.1, -0.05) is 114 Å². The van der Waals surface area contributed by atoms with Crippen molar-refractivity contribution in [3.8, 4) is 11.5 Å². The molecule has 170 valence electrons. The number of hydrogen-bond donors (Lipinski definition) is 2. The molecule has 4 aromatic carbocycles. The zero-order valence-electron chi connectivity index (χ0n) is 20.3. The maximum atomic E-state index is 11.5. The Morgan fingerprint density at radius 1 is 0.545 bits per heavy atom. The molecule has 2 N–H and O–H groups in total. The lowest BCUT2D eigenvalue weighted by Crippen LogP contribution is -2.25. The molecule has 0 saturated heterocycles. The molecule has 3 heteroatoms. The summed E-state index contributed by atoms with van der Waals surface area (Å²) in [6.07, 6.45) is 0. The maximum Gasteiger partial charge on any atom is 0.127 e. The van der Waals surface area contributed by atoms with Crippen molar-refractivity contribution < 1.29 is 10.2 Å². The van der Waals surface area contributed by atoms with Gasteiger partial charge in [0, 0.05) is 10.6 Å². The largest absolute Gasteiger partial charge is 0.507 e. The molecule has 0 amide bonds. The molecule has 0 aliphatic heterocycles. The summed E-state index contributed by atoms with van der Waals surface area (Å²) < 4.78 is 0. The summed E-state index contributed by atoms with van der Waals surface area (Å²) in [5.74, 6) is 0.648. The van der Waals surface area contributed by atoms with Crippen LogP contribution in [0.3, 0.4) is 0 Å². The summed E-state index contributed by atoms with van der Waals surface area (Å²) in [5, 5.41) is 28.1. The van der Waals surface area contributed by atoms with Crippen LogP contribution in [0, 0.1) is 0 Å². The lowest BCUT2D eigenvalue weighted by molar-refractivity contribution is 0.450. The molecule has 0 atom stereocenters. The van der Waals surface area contributed by atoms with Crippen molar-refractivity contribution in [3.63, 3.8) is 0 Å². The van der Waals surface area contributed by atoms with Crippen molar-refractivity contribution in [2.24, 2.45) is 0 Å². The van der Waals surface area contributed by atoms with Crippen LogP contribution in [0.5, 0.6) is 11.5 Å². The van der Waals surface area contributed by atoms with Crippen molar-refractivity contribution in [1.29, 1.82) is 0 Å². The zero-order chi connectivity index (χ0) is 24.0. The van der Waals surface area contributed by atoms with Crippen LogP contribution < -0.4 is 15.9 Å². The molecule has 4 aromatic rings. The van der Waals surface area contributed by atoms with Crippen LogP contribution in [0.1, 0.15) is 52.7 Å². The van der Waals surface area contributed by atoms with E-state index in [1.807, 2.05) is 48.5 Å². The quantitative estimate of drug-likeness (QED) is 0.341. The van der Waals surface area contributed by atoms with Crippen LogP contribution in [0.15, 0.2) is 78.9 Å². The Morgan fingerprint density at radius 3 is 1.52 bits per heavy atom. The van der Waals surface area contributed by atoms with E-state index in [9.17, 15) is 10.2 Å². The van der Waals surface area contributed by atoms with Gasteiger partial charge in [-0.05, 0) is 52.0 Å². The van der Waals surface area contributed by atoms with Crippen LogP contribution >= 0.6 is 7.92 Å². The monoisotopic (exact) mass is 456 g/mol. The van der Waals surface area contributed by atoms with Gasteiger partial charge in [-0.3, -0.25) is 0 Å². The molecule has 0 saturated carbocycles. The number of phenols is 2. The lowest BCUT2D eigenvalue weighted by atomic mass is 9.86. The Hall–Kier alpha value is -2.83. The average molecular weight is 457 g/mol. The van der Waals surface area contributed by atoms with E-state index in [0.717, 1.165) is 32.4 Å². The zero-order valence-corrected chi connectivity index (χ0v) is 21.2. The Morgan fingerprint density at radius 2 is 1.03 bits per heavy atom. The molecule has 0 radical (unpaired) electrons. The summed E-state index contributed by atoms with van der Waals surface area (Å²) in [6.45, 7) is 12.7. The van der Waals surface area contributed by atoms with Gasteiger partial charge in [0.2, 0.25) is 0 Å². The highest BCUT2D eigenvalue weighted by molar-refractivity contribution is 7.80. The molecule has 0 aromatic heterocycles. The van der Waals surface area contributed by atoms with Gasteiger partial charge in [0.05, 0.1) is 0 Å². The van der Waals surface area contributed by atoms with E-state index in [-0.39, 0.29) is 10.8 Å². The smallest absolute Gasteiger partial charge is 0.127 e. The fourth-order valence-electron chi connectivity index (χ4n) is 4.36. The molecule has 33 heavy (non-hydrogen) atoms. The van der Waals surface area contributed by atoms with Gasteiger partial charge in [0.15, 0.2) is 0 Å². The summed E-state index contributed by atoms with van der Waals surface area (Å²) in [5.41, 5.74) is 1.44. The third-order valence-corrected chi connectivity index (χ3v) is 8.60. The van der Waals surface area contributed by atoms with E-state index in [1.54, 1.807) is 0 Å². The summed E-state index contributed by atoms with van der Waals surface area (Å²) in [7, 11) is -1.19. The van der Waals surface area contributed by atoms with Crippen LogP contribution in [0.25, 0.3) is 10.8 Å². The van der Waals surface area contributed by atoms with E-state index >= 15 is 0 Å². The highest BCUT2D eigenvalue weighted by Crippen LogP contribution is 2.44. The van der Waals surface area contributed by atoms with E-state index < -0.39 is 7.92 Å². The standard InChI is InChI=1S/C30H33O2P/c1-29(2,3)23-13-9-15-25(27(23)31)33(22-18-17-20-11-7-8-12-21(20)19-22)26-16-10-14-24(28(26)32)30(4,5)6/h7-19,31-32H,1-6H3. The summed E-state index contributed by atoms with van der Waals surface area (Å²) in [6, 6.07) is 26.8. The van der Waals surface area contributed by atoms with Crippen molar-refractivity contribution in [2.45, 2.75) is 52.4 Å². The SMILES string of the molecule is CC(C)(C)c1cccc(P(c2ccc3ccccc3c2)c2cccc(C(C)(C)C)c2O)c1O. The topological polar surface area (TPSA) is 40.5 Å². The number of hydrogen-bond acceptors (Lipinski definition) is 2. The van der Waals surface area contributed by atoms with Gasteiger partial charge in [0.25, 0.3) is 0 Å². The summed E-state index contributed by atoms with van der Waals surface area (Å²) >= 11 is 0. The Labute approximate surface area is 198 Å². The van der Waals surface area contributed by atoms with E-state index in [0.29, 0.717) is 11.5 Å². The molecule has 4 rings (SSSR count). The van der Waals surface area contributed by atoms with Gasteiger partial charge in [0.1, 0.15) is 11.5 Å². The molecule has 0 unspecified atom stereocenters. The number of benzene rings is 4. The number of fused-ring (bicyclic) bond motifs is 1. The van der Waals surface area contributed by atoms with Gasteiger partial charge >= 0.3 is 0 Å². The van der Waals surface area contributed by atoms with Crippen molar-refractivity contribution in [3.05, 3.63) is 90.0 Å². The van der Waals surface area contributed by atoms with Crippen molar-refractivity contribution in [1.82, 2.24) is 0 Å². The predicted octanol–water partition coefficient (Wildman–Crippen LogP) is 6.60. The molecule has 0 fully saturated rings. The normalized spacial score (nSPS) is 12.5. The van der Waals surface area contributed by atoms with E-state index in [2.05, 4.69) is 71.9 Å². The first-order chi connectivity index (χ1) is 15.5. The molecular weight excluding hydrogens is 423 g/mol. The lowest BCUT2D eigenvalue weighted by Gasteiger charge is -2.28. The average Bonchev–Trinajstić information content (AvgIpc) is 2.74. The third kappa shape index (κ3) is 4.50. The Balaban J connectivity index is 2.03. The number of phenolic OH excluding ortho intramolecular Hbond substituents is 2. The number of para-hydroxylation sites is 2. The van der Waals surface area contributed by atoms with E-state index in [1.165, 1.54) is 5.39 Å². The van der Waals surface area contributed by atoms with Crippen LogP contribution in [0.4, 0.5) is 0 Å². The minimum Gasteiger partial charge on any atom is -0.507 e. The second-order valence-corrected chi connectivity index (χ2v) is 12.9. The Kier molecular flexibility index (Phi) is 6.01. The van der Waals surface area contributed by atoms with Crippen molar-refractivity contribution in [2.75, 3.05) is 0 Å². The minimum atomic E-state index is -1.19. The van der Waals surface area contributed by atoms with Crippen LogP contribution in [-0.2, 0) is 10.8 Å². The van der Waals surface area contributed by atoms with Gasteiger partial charge < -0.3 is 10.2 Å². The second kappa shape index (κ2) is 8.50. The number of aromatic hydroxyl groups is 2. The van der Waals surface area contributed by atoms with Gasteiger partial charge in [-0.2, -0.15) is 0 Å². The Bertz CT molecular complexity index is 1250. The van der Waals surface area contributed by atoms with Gasteiger partial charge in [-0.25, -0.2) is 0 Å². The molecule has 0 bridgehead atoms. The minimum absolute atomic E-state index is 0.195.